The first kappa shape index (κ1) is 13.7. The molecule has 0 spiro atoms. The van der Waals surface area contributed by atoms with Crippen molar-refractivity contribution < 1.29 is 18.7 Å². The second-order valence-electron chi connectivity index (χ2n) is 3.86. The molecule has 4 nitrogen and oxygen atoms in total. The number of carbonyl (C=O) groups is 1. The van der Waals surface area contributed by atoms with Crippen LogP contribution in [-0.4, -0.2) is 21.0 Å². The van der Waals surface area contributed by atoms with Gasteiger partial charge in [0.2, 0.25) is 0 Å². The number of nitrogens with zero attached hydrogens (tertiary/aromatic N) is 1. The first-order valence-corrected chi connectivity index (χ1v) is 6.18. The first-order valence-electron chi connectivity index (χ1n) is 5.39. The van der Waals surface area contributed by atoms with Gasteiger partial charge in [0.05, 0.1) is 6.42 Å². The molecule has 0 saturated carbocycles. The Kier molecular flexibility index (Phi) is 3.94. The van der Waals surface area contributed by atoms with Crippen LogP contribution < -0.4 is 0 Å². The average molecular weight is 331 g/mol. The fourth-order valence-electron chi connectivity index (χ4n) is 1.60. The van der Waals surface area contributed by atoms with Crippen molar-refractivity contribution in [3.8, 4) is 11.3 Å². The van der Waals surface area contributed by atoms with E-state index in [4.69, 9.17) is 5.11 Å². The van der Waals surface area contributed by atoms with E-state index in [0.717, 1.165) is 18.2 Å². The van der Waals surface area contributed by atoms with Gasteiger partial charge in [-0.3, -0.25) is 4.79 Å². The quantitative estimate of drug-likeness (QED) is 0.905. The molecule has 0 bridgehead atoms. The number of hydrogen-bond donors (Lipinski definition) is 2. The van der Waals surface area contributed by atoms with E-state index in [1.807, 2.05) is 0 Å². The lowest BCUT2D eigenvalue weighted by atomic mass is 10.1. The van der Waals surface area contributed by atoms with Crippen molar-refractivity contribution in [2.45, 2.75) is 12.8 Å². The Bertz CT molecular complexity index is 628. The van der Waals surface area contributed by atoms with E-state index in [1.165, 1.54) is 0 Å². The molecule has 7 heteroatoms. The van der Waals surface area contributed by atoms with E-state index in [0.29, 0.717) is 10.4 Å². The fourth-order valence-corrected chi connectivity index (χ4v) is 2.13. The highest BCUT2D eigenvalue weighted by atomic mass is 79.9. The van der Waals surface area contributed by atoms with Gasteiger partial charge >= 0.3 is 5.97 Å². The molecule has 0 unspecified atom stereocenters. The number of aliphatic carboxylic acids is 1. The Labute approximate surface area is 115 Å². The summed E-state index contributed by atoms with van der Waals surface area (Å²) in [6.07, 6.45) is 0.0931. The van der Waals surface area contributed by atoms with Crippen molar-refractivity contribution in [2.75, 3.05) is 0 Å². The largest absolute Gasteiger partial charge is 0.481 e. The molecule has 2 rings (SSSR count). The molecule has 0 atom stereocenters. The number of imidazole rings is 1. The number of aryl methyl sites for hydroxylation is 1. The van der Waals surface area contributed by atoms with Crippen LogP contribution in [0.4, 0.5) is 8.78 Å². The molecule has 0 fully saturated rings. The maximum atomic E-state index is 13.6. The van der Waals surface area contributed by atoms with Crippen LogP contribution in [0.1, 0.15) is 12.2 Å². The van der Waals surface area contributed by atoms with Gasteiger partial charge in [0, 0.05) is 12.0 Å². The predicted octanol–water partition coefficient (Wildman–Crippen LogP) is 3.13. The molecule has 0 aliphatic heterocycles. The zero-order valence-electron chi connectivity index (χ0n) is 9.58. The Hall–Kier alpha value is -1.76. The highest BCUT2D eigenvalue weighted by Gasteiger charge is 2.15. The molecule has 2 N–H and O–H groups in total. The van der Waals surface area contributed by atoms with E-state index < -0.39 is 17.6 Å². The minimum Gasteiger partial charge on any atom is -0.481 e. The molecule has 0 aliphatic carbocycles. The Morgan fingerprint density at radius 3 is 2.84 bits per heavy atom. The number of aromatic nitrogens is 2. The molecule has 1 aromatic carbocycles. The van der Waals surface area contributed by atoms with Gasteiger partial charge in [-0.05, 0) is 34.1 Å². The van der Waals surface area contributed by atoms with Crippen LogP contribution in [0.3, 0.4) is 0 Å². The summed E-state index contributed by atoms with van der Waals surface area (Å²) in [6, 6.07) is 3.07. The second kappa shape index (κ2) is 5.48. The lowest BCUT2D eigenvalue weighted by molar-refractivity contribution is -0.137. The van der Waals surface area contributed by atoms with Gasteiger partial charge in [-0.25, -0.2) is 13.8 Å². The van der Waals surface area contributed by atoms with Gasteiger partial charge in [0.25, 0.3) is 0 Å². The highest BCUT2D eigenvalue weighted by molar-refractivity contribution is 9.10. The lowest BCUT2D eigenvalue weighted by Gasteiger charge is -2.00. The van der Waals surface area contributed by atoms with Crippen molar-refractivity contribution in [1.82, 2.24) is 9.97 Å². The van der Waals surface area contributed by atoms with Crippen LogP contribution in [0, 0.1) is 11.6 Å². The summed E-state index contributed by atoms with van der Waals surface area (Å²) in [7, 11) is 0. The number of carboxylic acid groups (broad SMARTS) is 1. The molecular weight excluding hydrogens is 322 g/mol. The van der Waals surface area contributed by atoms with Crippen molar-refractivity contribution in [2.24, 2.45) is 0 Å². The number of hydrogen-bond acceptors (Lipinski definition) is 2. The van der Waals surface area contributed by atoms with E-state index >= 15 is 0 Å². The summed E-state index contributed by atoms with van der Waals surface area (Å²) in [5, 5.41) is 8.59. The van der Waals surface area contributed by atoms with Crippen molar-refractivity contribution >= 4 is 21.9 Å². The normalized spacial score (nSPS) is 10.7. The zero-order valence-corrected chi connectivity index (χ0v) is 11.2. The Morgan fingerprint density at radius 1 is 1.42 bits per heavy atom. The SMILES string of the molecule is O=C(O)CCc1nc(-c2cc(F)ccc2F)c(Br)[nH]1. The van der Waals surface area contributed by atoms with Crippen LogP contribution in [0.15, 0.2) is 22.8 Å². The molecule has 2 aromatic rings. The molecule has 19 heavy (non-hydrogen) atoms. The summed E-state index contributed by atoms with van der Waals surface area (Å²) in [4.78, 5) is 17.3. The number of aromatic amines is 1. The average Bonchev–Trinajstić information content (AvgIpc) is 2.71. The number of H-pyrrole nitrogens is 1. The minimum absolute atomic E-state index is 0.0182. The third kappa shape index (κ3) is 3.17. The van der Waals surface area contributed by atoms with Gasteiger partial charge in [-0.2, -0.15) is 0 Å². The van der Waals surface area contributed by atoms with E-state index in [-0.39, 0.29) is 24.1 Å². The van der Waals surface area contributed by atoms with Crippen LogP contribution in [0.5, 0.6) is 0 Å². The molecule has 100 valence electrons. The van der Waals surface area contributed by atoms with Crippen LogP contribution in [0.25, 0.3) is 11.3 Å². The van der Waals surface area contributed by atoms with Crippen LogP contribution >= 0.6 is 15.9 Å². The van der Waals surface area contributed by atoms with Crippen molar-refractivity contribution in [3.63, 3.8) is 0 Å². The summed E-state index contributed by atoms with van der Waals surface area (Å²) < 4.78 is 27.1. The standard InChI is InChI=1S/C12H9BrF2N2O2/c13-12-11(7-5-6(14)1-2-8(7)15)16-9(17-12)3-4-10(18)19/h1-2,5H,3-4H2,(H,16,17)(H,18,19). The zero-order chi connectivity index (χ0) is 14.0. The molecule has 1 aromatic heterocycles. The number of benzene rings is 1. The smallest absolute Gasteiger partial charge is 0.303 e. The van der Waals surface area contributed by atoms with Crippen LogP contribution in [-0.2, 0) is 11.2 Å². The van der Waals surface area contributed by atoms with Gasteiger partial charge < -0.3 is 10.1 Å². The fraction of sp³-hybridized carbons (Fsp3) is 0.167. The number of rotatable bonds is 4. The van der Waals surface area contributed by atoms with Gasteiger partial charge in [0.1, 0.15) is 27.8 Å². The number of carboxylic acids is 1. The Balaban J connectivity index is 2.34. The van der Waals surface area contributed by atoms with E-state index in [9.17, 15) is 13.6 Å². The third-order valence-electron chi connectivity index (χ3n) is 2.47. The van der Waals surface area contributed by atoms with E-state index in [2.05, 4.69) is 25.9 Å². The van der Waals surface area contributed by atoms with Gasteiger partial charge in [-0.1, -0.05) is 0 Å². The predicted molar refractivity (Wildman–Crippen MR) is 67.6 cm³/mol. The molecule has 0 saturated heterocycles. The summed E-state index contributed by atoms with van der Waals surface area (Å²) in [5.41, 5.74) is 0.238. The monoisotopic (exact) mass is 330 g/mol. The molecule has 1 heterocycles. The third-order valence-corrected chi connectivity index (χ3v) is 3.04. The van der Waals surface area contributed by atoms with Crippen LogP contribution in [0.2, 0.25) is 0 Å². The van der Waals surface area contributed by atoms with Gasteiger partial charge in [-0.15, -0.1) is 0 Å². The number of nitrogens with one attached hydrogen (secondary N) is 1. The molecular formula is C12H9BrF2N2O2. The number of halogens is 3. The first-order chi connectivity index (χ1) is 8.97. The summed E-state index contributed by atoms with van der Waals surface area (Å²) in [6.45, 7) is 0. The van der Waals surface area contributed by atoms with Gasteiger partial charge in [0.15, 0.2) is 0 Å². The maximum absolute atomic E-state index is 13.6. The highest BCUT2D eigenvalue weighted by Crippen LogP contribution is 2.29. The minimum atomic E-state index is -0.953. The van der Waals surface area contributed by atoms with Crippen molar-refractivity contribution in [3.05, 3.63) is 40.3 Å². The van der Waals surface area contributed by atoms with E-state index in [1.54, 1.807) is 0 Å². The molecule has 0 radical (unpaired) electrons. The Morgan fingerprint density at radius 2 is 2.16 bits per heavy atom. The second-order valence-corrected chi connectivity index (χ2v) is 4.66. The topological polar surface area (TPSA) is 66.0 Å². The summed E-state index contributed by atoms with van der Waals surface area (Å²) in [5.74, 6) is -1.73. The summed E-state index contributed by atoms with van der Waals surface area (Å²) >= 11 is 3.17. The maximum Gasteiger partial charge on any atom is 0.303 e. The van der Waals surface area contributed by atoms with Crippen molar-refractivity contribution in [1.29, 1.82) is 0 Å². The molecule has 0 aliphatic rings. The lowest BCUT2D eigenvalue weighted by Crippen LogP contribution is -1.98. The molecule has 0 amide bonds.